The predicted octanol–water partition coefficient (Wildman–Crippen LogP) is 5.11. The van der Waals surface area contributed by atoms with Crippen LogP contribution in [0.5, 0.6) is 5.75 Å². The third kappa shape index (κ3) is 4.83. The zero-order chi connectivity index (χ0) is 21.0. The van der Waals surface area contributed by atoms with E-state index in [1.54, 1.807) is 13.0 Å². The highest BCUT2D eigenvalue weighted by molar-refractivity contribution is 7.16. The van der Waals surface area contributed by atoms with E-state index < -0.39 is 11.9 Å². The molecular weight excluding hydrogens is 397 g/mol. The number of furan rings is 1. The molecule has 3 rings (SSSR count). The van der Waals surface area contributed by atoms with Crippen molar-refractivity contribution in [3.05, 3.63) is 69.7 Å². The van der Waals surface area contributed by atoms with Gasteiger partial charge in [0.15, 0.2) is 5.76 Å². The van der Waals surface area contributed by atoms with Crippen LogP contribution >= 0.6 is 11.3 Å². The van der Waals surface area contributed by atoms with E-state index in [4.69, 9.17) is 13.9 Å². The lowest BCUT2D eigenvalue weighted by Gasteiger charge is -2.06. The number of carbonyl (C=O) groups is 2. The molecule has 0 saturated carbocycles. The summed E-state index contributed by atoms with van der Waals surface area (Å²) in [5.41, 5.74) is 1.13. The molecule has 152 valence electrons. The third-order valence-corrected chi connectivity index (χ3v) is 5.29. The van der Waals surface area contributed by atoms with E-state index in [-0.39, 0.29) is 24.8 Å². The van der Waals surface area contributed by atoms with Crippen molar-refractivity contribution in [1.82, 2.24) is 0 Å². The van der Waals surface area contributed by atoms with E-state index in [0.29, 0.717) is 22.1 Å². The number of ether oxygens (including phenoxy) is 2. The van der Waals surface area contributed by atoms with Crippen LogP contribution in [0.15, 0.2) is 40.8 Å². The number of carbonyl (C=O) groups excluding carboxylic acids is 2. The Labute approximate surface area is 171 Å². The van der Waals surface area contributed by atoms with Gasteiger partial charge in [-0.2, -0.15) is 0 Å². The minimum absolute atomic E-state index is 0.0845. The van der Waals surface area contributed by atoms with Crippen LogP contribution in [-0.4, -0.2) is 18.5 Å². The molecule has 29 heavy (non-hydrogen) atoms. The fourth-order valence-corrected chi connectivity index (χ4v) is 3.64. The number of hydrogen-bond donors (Lipinski definition) is 1. The molecule has 6 nitrogen and oxygen atoms in total. The zero-order valence-electron chi connectivity index (χ0n) is 16.2. The van der Waals surface area contributed by atoms with E-state index in [1.807, 2.05) is 13.8 Å². The minimum atomic E-state index is -0.482. The van der Waals surface area contributed by atoms with Crippen LogP contribution in [0.4, 0.5) is 9.39 Å². The maximum absolute atomic E-state index is 12.9. The molecule has 2 heterocycles. The van der Waals surface area contributed by atoms with Gasteiger partial charge in [-0.05, 0) is 62.7 Å². The molecule has 0 aliphatic carbocycles. The molecule has 0 bridgehead atoms. The van der Waals surface area contributed by atoms with Gasteiger partial charge in [0.25, 0.3) is 5.91 Å². The van der Waals surface area contributed by atoms with Crippen LogP contribution < -0.4 is 10.1 Å². The predicted molar refractivity (Wildman–Crippen MR) is 107 cm³/mol. The Balaban J connectivity index is 1.68. The van der Waals surface area contributed by atoms with Gasteiger partial charge in [0.05, 0.1) is 12.2 Å². The molecule has 0 saturated heterocycles. The topological polar surface area (TPSA) is 77.8 Å². The first kappa shape index (κ1) is 20.6. The molecule has 0 radical (unpaired) electrons. The molecular formula is C21H20FNO5S. The zero-order valence-corrected chi connectivity index (χ0v) is 17.0. The van der Waals surface area contributed by atoms with E-state index in [9.17, 15) is 14.0 Å². The summed E-state index contributed by atoms with van der Waals surface area (Å²) in [5, 5.41) is 3.14. The lowest BCUT2D eigenvalue weighted by atomic mass is 10.1. The monoisotopic (exact) mass is 417 g/mol. The van der Waals surface area contributed by atoms with E-state index >= 15 is 0 Å². The summed E-state index contributed by atoms with van der Waals surface area (Å²) in [6.45, 7) is 5.74. The summed E-state index contributed by atoms with van der Waals surface area (Å²) in [6.07, 6.45) is 0. The van der Waals surface area contributed by atoms with Crippen LogP contribution in [-0.2, 0) is 11.3 Å². The number of rotatable bonds is 7. The number of thiophene rings is 1. The van der Waals surface area contributed by atoms with Gasteiger partial charge >= 0.3 is 5.97 Å². The number of nitrogens with one attached hydrogen (secondary N) is 1. The van der Waals surface area contributed by atoms with E-state index in [2.05, 4.69) is 5.32 Å². The Kier molecular flexibility index (Phi) is 6.33. The van der Waals surface area contributed by atoms with Crippen molar-refractivity contribution in [2.75, 3.05) is 11.9 Å². The Morgan fingerprint density at radius 1 is 1.14 bits per heavy atom. The second-order valence-electron chi connectivity index (χ2n) is 6.17. The number of benzene rings is 1. The highest BCUT2D eigenvalue weighted by Gasteiger charge is 2.23. The Morgan fingerprint density at radius 3 is 2.55 bits per heavy atom. The van der Waals surface area contributed by atoms with Crippen molar-refractivity contribution in [2.24, 2.45) is 0 Å². The summed E-state index contributed by atoms with van der Waals surface area (Å²) in [4.78, 5) is 25.7. The molecule has 1 N–H and O–H groups in total. The molecule has 0 fully saturated rings. The molecule has 3 aromatic rings. The summed E-state index contributed by atoms with van der Waals surface area (Å²) >= 11 is 1.30. The maximum atomic E-state index is 12.9. The van der Waals surface area contributed by atoms with Gasteiger partial charge in [-0.3, -0.25) is 4.79 Å². The fourth-order valence-electron chi connectivity index (χ4n) is 2.59. The van der Waals surface area contributed by atoms with Crippen LogP contribution in [0, 0.1) is 19.7 Å². The molecule has 8 heteroatoms. The number of amides is 1. The standard InChI is InChI=1S/C21H20FNO5S/c1-4-26-21(25)18-12(2)13(3)29-20(18)23-19(24)17-10-9-16(28-17)11-27-15-7-5-14(22)6-8-15/h5-10H,4,11H2,1-3H3,(H,23,24). The maximum Gasteiger partial charge on any atom is 0.341 e. The molecule has 0 atom stereocenters. The first-order chi connectivity index (χ1) is 13.9. The molecule has 0 aliphatic heterocycles. The molecule has 0 spiro atoms. The number of anilines is 1. The molecule has 2 aromatic heterocycles. The summed E-state index contributed by atoms with van der Waals surface area (Å²) in [7, 11) is 0. The van der Waals surface area contributed by atoms with Crippen molar-refractivity contribution in [1.29, 1.82) is 0 Å². The highest BCUT2D eigenvalue weighted by atomic mass is 32.1. The van der Waals surface area contributed by atoms with Crippen LogP contribution in [0.25, 0.3) is 0 Å². The third-order valence-electron chi connectivity index (χ3n) is 4.17. The summed E-state index contributed by atoms with van der Waals surface area (Å²) in [5.74, 6) is -0.305. The normalized spacial score (nSPS) is 10.6. The number of hydrogen-bond acceptors (Lipinski definition) is 6. The van der Waals surface area contributed by atoms with Crippen LogP contribution in [0.3, 0.4) is 0 Å². The second kappa shape index (κ2) is 8.91. The lowest BCUT2D eigenvalue weighted by Crippen LogP contribution is -2.14. The molecule has 0 aliphatic rings. The highest BCUT2D eigenvalue weighted by Crippen LogP contribution is 2.33. The van der Waals surface area contributed by atoms with Gasteiger partial charge in [-0.25, -0.2) is 9.18 Å². The van der Waals surface area contributed by atoms with Crippen molar-refractivity contribution in [3.8, 4) is 5.75 Å². The van der Waals surface area contributed by atoms with Crippen molar-refractivity contribution >= 4 is 28.2 Å². The van der Waals surface area contributed by atoms with Crippen molar-refractivity contribution in [2.45, 2.75) is 27.4 Å². The molecule has 0 unspecified atom stereocenters. The van der Waals surface area contributed by atoms with Crippen LogP contribution in [0.2, 0.25) is 0 Å². The van der Waals surface area contributed by atoms with Gasteiger partial charge in [0.1, 0.15) is 28.9 Å². The summed E-state index contributed by atoms with van der Waals surface area (Å²) < 4.78 is 29.0. The average molecular weight is 417 g/mol. The van der Waals surface area contributed by atoms with Crippen molar-refractivity contribution in [3.63, 3.8) is 0 Å². The van der Waals surface area contributed by atoms with Gasteiger partial charge in [-0.1, -0.05) is 0 Å². The fraction of sp³-hybridized carbons (Fsp3) is 0.238. The van der Waals surface area contributed by atoms with E-state index in [1.165, 1.54) is 41.7 Å². The van der Waals surface area contributed by atoms with E-state index in [0.717, 1.165) is 10.4 Å². The Bertz CT molecular complexity index is 1020. The smallest absolute Gasteiger partial charge is 0.341 e. The lowest BCUT2D eigenvalue weighted by molar-refractivity contribution is 0.0527. The van der Waals surface area contributed by atoms with Crippen LogP contribution in [0.1, 0.15) is 44.0 Å². The number of halogens is 1. The minimum Gasteiger partial charge on any atom is -0.486 e. The first-order valence-corrected chi connectivity index (χ1v) is 9.76. The summed E-state index contributed by atoms with van der Waals surface area (Å²) in [6, 6.07) is 8.74. The largest absolute Gasteiger partial charge is 0.486 e. The quantitative estimate of drug-likeness (QED) is 0.541. The van der Waals surface area contributed by atoms with Gasteiger partial charge < -0.3 is 19.2 Å². The molecule has 1 aromatic carbocycles. The molecule has 1 amide bonds. The number of esters is 1. The second-order valence-corrected chi connectivity index (χ2v) is 7.40. The number of aryl methyl sites for hydroxylation is 1. The van der Waals surface area contributed by atoms with Crippen molar-refractivity contribution < 1.29 is 27.9 Å². The Hall–Kier alpha value is -3.13. The van der Waals surface area contributed by atoms with Gasteiger partial charge in [0, 0.05) is 4.88 Å². The Morgan fingerprint density at radius 2 is 1.86 bits per heavy atom. The van der Waals surface area contributed by atoms with Gasteiger partial charge in [0.2, 0.25) is 0 Å². The van der Waals surface area contributed by atoms with Gasteiger partial charge in [-0.15, -0.1) is 11.3 Å². The first-order valence-electron chi connectivity index (χ1n) is 8.94. The SMILES string of the molecule is CCOC(=O)c1c(NC(=O)c2ccc(COc3ccc(F)cc3)o2)sc(C)c1C. The average Bonchev–Trinajstić information content (AvgIpc) is 3.26.